The molecule has 0 aliphatic carbocycles. The van der Waals surface area contributed by atoms with Crippen molar-refractivity contribution in [3.05, 3.63) is 65.5 Å². The van der Waals surface area contributed by atoms with Crippen LogP contribution in [0.3, 0.4) is 0 Å². The van der Waals surface area contributed by atoms with Crippen LogP contribution in [0.4, 0.5) is 9.18 Å². The van der Waals surface area contributed by atoms with E-state index in [-0.39, 0.29) is 18.6 Å². The quantitative estimate of drug-likeness (QED) is 0.560. The fraction of sp³-hybridized carbons (Fsp3) is 0.278. The van der Waals surface area contributed by atoms with Crippen molar-refractivity contribution in [3.8, 4) is 5.75 Å². The van der Waals surface area contributed by atoms with Crippen molar-refractivity contribution in [2.24, 2.45) is 5.73 Å². The lowest BCUT2D eigenvalue weighted by Crippen LogP contribution is -2.15. The summed E-state index contributed by atoms with van der Waals surface area (Å²) in [5.41, 5.74) is 6.33. The summed E-state index contributed by atoms with van der Waals surface area (Å²) in [6, 6.07) is 14.2. The number of primary amides is 1. The number of amides is 1. The molecule has 0 spiro atoms. The first-order valence-electron chi connectivity index (χ1n) is 7.58. The van der Waals surface area contributed by atoms with Crippen molar-refractivity contribution in [2.75, 3.05) is 6.61 Å². The minimum Gasteiger partial charge on any atom is -0.486 e. The van der Waals surface area contributed by atoms with Crippen molar-refractivity contribution in [1.29, 1.82) is 0 Å². The number of ether oxygens (including phenoxy) is 2. The predicted octanol–water partition coefficient (Wildman–Crippen LogP) is 4.56. The number of benzene rings is 2. The van der Waals surface area contributed by atoms with Gasteiger partial charge >= 0.3 is 6.09 Å². The van der Waals surface area contributed by atoms with Gasteiger partial charge < -0.3 is 15.2 Å². The molecule has 1 atom stereocenters. The van der Waals surface area contributed by atoms with E-state index >= 15 is 0 Å². The molecule has 2 rings (SSSR count). The van der Waals surface area contributed by atoms with E-state index in [1.807, 2.05) is 30.3 Å². The summed E-state index contributed by atoms with van der Waals surface area (Å²) < 4.78 is 24.5. The Morgan fingerprint density at radius 1 is 1.21 bits per heavy atom. The number of hydrogen-bond acceptors (Lipinski definition) is 3. The second kappa shape index (κ2) is 9.13. The van der Waals surface area contributed by atoms with Crippen molar-refractivity contribution in [2.45, 2.75) is 24.8 Å². The van der Waals surface area contributed by atoms with Crippen LogP contribution in [0.5, 0.6) is 5.75 Å². The SMILES string of the molecule is NC(=O)OCCCC(Oc1ccc(CCl)c(F)c1)c1ccccc1. The van der Waals surface area contributed by atoms with Gasteiger partial charge in [0.05, 0.1) is 12.5 Å². The third-order valence-electron chi connectivity index (χ3n) is 3.47. The number of carbonyl (C=O) groups is 1. The van der Waals surface area contributed by atoms with Crippen LogP contribution in [0.15, 0.2) is 48.5 Å². The molecule has 0 bridgehead atoms. The molecule has 1 unspecified atom stereocenters. The highest BCUT2D eigenvalue weighted by Crippen LogP contribution is 2.27. The highest BCUT2D eigenvalue weighted by atomic mass is 35.5. The van der Waals surface area contributed by atoms with Crippen LogP contribution in [-0.2, 0) is 10.6 Å². The summed E-state index contributed by atoms with van der Waals surface area (Å²) >= 11 is 5.66. The maximum Gasteiger partial charge on any atom is 0.404 e. The Hall–Kier alpha value is -2.27. The first-order chi connectivity index (χ1) is 11.6. The molecule has 0 saturated heterocycles. The average Bonchev–Trinajstić information content (AvgIpc) is 2.58. The molecule has 0 aliphatic rings. The van der Waals surface area contributed by atoms with E-state index in [0.29, 0.717) is 24.2 Å². The fourth-order valence-electron chi connectivity index (χ4n) is 2.28. The molecule has 2 N–H and O–H groups in total. The molecule has 0 radical (unpaired) electrons. The third-order valence-corrected chi connectivity index (χ3v) is 3.76. The van der Waals surface area contributed by atoms with E-state index in [0.717, 1.165) is 5.56 Å². The molecule has 4 nitrogen and oxygen atoms in total. The molecule has 2 aromatic carbocycles. The molecule has 24 heavy (non-hydrogen) atoms. The van der Waals surface area contributed by atoms with Crippen molar-refractivity contribution >= 4 is 17.7 Å². The maximum atomic E-state index is 13.9. The lowest BCUT2D eigenvalue weighted by Gasteiger charge is -2.20. The third kappa shape index (κ3) is 5.42. The first kappa shape index (κ1) is 18.1. The summed E-state index contributed by atoms with van der Waals surface area (Å²) in [4.78, 5) is 10.6. The van der Waals surface area contributed by atoms with Gasteiger partial charge in [-0.3, -0.25) is 0 Å². The van der Waals surface area contributed by atoms with E-state index in [9.17, 15) is 9.18 Å². The first-order valence-corrected chi connectivity index (χ1v) is 8.12. The van der Waals surface area contributed by atoms with Gasteiger partial charge in [-0.1, -0.05) is 36.4 Å². The van der Waals surface area contributed by atoms with Crippen molar-refractivity contribution < 1.29 is 18.7 Å². The molecular formula is C18H19ClFNO3. The van der Waals surface area contributed by atoms with E-state index < -0.39 is 11.9 Å². The van der Waals surface area contributed by atoms with Crippen LogP contribution >= 0.6 is 11.6 Å². The van der Waals surface area contributed by atoms with Crippen LogP contribution in [0.2, 0.25) is 0 Å². The average molecular weight is 352 g/mol. The number of nitrogens with two attached hydrogens (primary N) is 1. The zero-order valence-corrected chi connectivity index (χ0v) is 13.8. The van der Waals surface area contributed by atoms with Crippen LogP contribution in [-0.4, -0.2) is 12.7 Å². The second-order valence-electron chi connectivity index (χ2n) is 5.21. The number of rotatable bonds is 8. The summed E-state index contributed by atoms with van der Waals surface area (Å²) in [7, 11) is 0. The summed E-state index contributed by atoms with van der Waals surface area (Å²) in [6.07, 6.45) is 0.0795. The maximum absolute atomic E-state index is 13.9. The largest absolute Gasteiger partial charge is 0.486 e. The van der Waals surface area contributed by atoms with Crippen LogP contribution in [0, 0.1) is 5.82 Å². The molecule has 0 heterocycles. The Morgan fingerprint density at radius 3 is 2.58 bits per heavy atom. The van der Waals surface area contributed by atoms with Gasteiger partial charge in [-0.05, 0) is 24.5 Å². The van der Waals surface area contributed by atoms with E-state index in [1.165, 1.54) is 6.07 Å². The monoisotopic (exact) mass is 351 g/mol. The molecule has 2 aromatic rings. The van der Waals surface area contributed by atoms with Gasteiger partial charge in [0.2, 0.25) is 0 Å². The topological polar surface area (TPSA) is 61.6 Å². The van der Waals surface area contributed by atoms with Gasteiger partial charge in [0.15, 0.2) is 0 Å². The van der Waals surface area contributed by atoms with Crippen LogP contribution in [0.25, 0.3) is 0 Å². The standard InChI is InChI=1S/C18H19ClFNO3/c19-12-14-8-9-15(11-16(14)20)24-17(7-4-10-23-18(21)22)13-5-2-1-3-6-13/h1-3,5-6,8-9,11,17H,4,7,10,12H2,(H2,21,22). The highest BCUT2D eigenvalue weighted by Gasteiger charge is 2.14. The normalized spacial score (nSPS) is 11.8. The Kier molecular flexibility index (Phi) is 6.88. The van der Waals surface area contributed by atoms with Crippen LogP contribution < -0.4 is 10.5 Å². The van der Waals surface area contributed by atoms with Gasteiger partial charge in [-0.2, -0.15) is 0 Å². The molecule has 0 aliphatic heterocycles. The highest BCUT2D eigenvalue weighted by molar-refractivity contribution is 6.17. The fourth-order valence-corrected chi connectivity index (χ4v) is 2.49. The van der Waals surface area contributed by atoms with E-state index in [2.05, 4.69) is 0 Å². The number of alkyl halides is 1. The lowest BCUT2D eigenvalue weighted by molar-refractivity contribution is 0.140. The Morgan fingerprint density at radius 2 is 1.96 bits per heavy atom. The minimum absolute atomic E-state index is 0.110. The predicted molar refractivity (Wildman–Crippen MR) is 90.5 cm³/mol. The van der Waals surface area contributed by atoms with Gasteiger partial charge in [0.1, 0.15) is 17.7 Å². The zero-order chi connectivity index (χ0) is 17.4. The van der Waals surface area contributed by atoms with Crippen LogP contribution in [0.1, 0.15) is 30.1 Å². The minimum atomic E-state index is -0.800. The van der Waals surface area contributed by atoms with Gasteiger partial charge in [0.25, 0.3) is 0 Å². The number of halogens is 2. The number of carbonyl (C=O) groups excluding carboxylic acids is 1. The molecule has 1 amide bonds. The Balaban J connectivity index is 2.08. The Bertz CT molecular complexity index is 667. The van der Waals surface area contributed by atoms with Gasteiger partial charge in [0, 0.05) is 11.6 Å². The second-order valence-corrected chi connectivity index (χ2v) is 5.48. The lowest BCUT2D eigenvalue weighted by atomic mass is 10.0. The molecule has 128 valence electrons. The molecule has 0 fully saturated rings. The van der Waals surface area contributed by atoms with E-state index in [4.69, 9.17) is 26.8 Å². The van der Waals surface area contributed by atoms with E-state index in [1.54, 1.807) is 12.1 Å². The number of hydrogen-bond donors (Lipinski definition) is 1. The van der Waals surface area contributed by atoms with Crippen molar-refractivity contribution in [1.82, 2.24) is 0 Å². The van der Waals surface area contributed by atoms with Gasteiger partial charge in [-0.25, -0.2) is 9.18 Å². The Labute approximate surface area is 145 Å². The smallest absolute Gasteiger partial charge is 0.404 e. The molecule has 0 saturated carbocycles. The summed E-state index contributed by atoms with van der Waals surface area (Å²) in [5.74, 6) is 0.135. The molecular weight excluding hydrogens is 333 g/mol. The molecule has 6 heteroatoms. The summed E-state index contributed by atoms with van der Waals surface area (Å²) in [6.45, 7) is 0.210. The van der Waals surface area contributed by atoms with Gasteiger partial charge in [-0.15, -0.1) is 11.6 Å². The zero-order valence-electron chi connectivity index (χ0n) is 13.1. The van der Waals surface area contributed by atoms with Crippen molar-refractivity contribution in [3.63, 3.8) is 0 Å². The molecule has 0 aromatic heterocycles. The summed E-state index contributed by atoms with van der Waals surface area (Å²) in [5, 5.41) is 0.